The summed E-state index contributed by atoms with van der Waals surface area (Å²) in [6.45, 7) is 0.872. The third kappa shape index (κ3) is 2.74. The Bertz CT molecular complexity index is 646. The molecule has 1 unspecified atom stereocenters. The second-order valence-electron chi connectivity index (χ2n) is 4.98. The van der Waals surface area contributed by atoms with Gasteiger partial charge in [0, 0.05) is 19.0 Å². The van der Waals surface area contributed by atoms with E-state index in [1.807, 2.05) is 0 Å². The minimum absolute atomic E-state index is 0.0435. The van der Waals surface area contributed by atoms with Crippen molar-refractivity contribution in [2.75, 3.05) is 13.1 Å². The summed E-state index contributed by atoms with van der Waals surface area (Å²) in [4.78, 5) is 13.8. The molecule has 1 N–H and O–H groups in total. The number of H-pyrrole nitrogens is 1. The van der Waals surface area contributed by atoms with Gasteiger partial charge in [0.25, 0.3) is 5.91 Å². The van der Waals surface area contributed by atoms with Crippen LogP contribution in [0.1, 0.15) is 34.9 Å². The van der Waals surface area contributed by atoms with Crippen molar-refractivity contribution in [1.29, 1.82) is 0 Å². The highest BCUT2D eigenvalue weighted by Gasteiger charge is 2.29. The normalized spacial score (nSPS) is 18.8. The van der Waals surface area contributed by atoms with Crippen LogP contribution < -0.4 is 0 Å². The van der Waals surface area contributed by atoms with Crippen LogP contribution in [0.15, 0.2) is 18.2 Å². The van der Waals surface area contributed by atoms with E-state index in [9.17, 15) is 13.6 Å². The lowest BCUT2D eigenvalue weighted by atomic mass is 9.96. The first kappa shape index (κ1) is 13.6. The van der Waals surface area contributed by atoms with Crippen molar-refractivity contribution in [3.05, 3.63) is 41.2 Å². The minimum atomic E-state index is -0.719. The Hall–Kier alpha value is -2.38. The van der Waals surface area contributed by atoms with Gasteiger partial charge in [-0.1, -0.05) is 5.21 Å². The number of hydrogen-bond acceptors (Lipinski definition) is 4. The fourth-order valence-electron chi connectivity index (χ4n) is 2.55. The molecular formula is C13H13F2N5O. The summed E-state index contributed by atoms with van der Waals surface area (Å²) in [5.74, 6) is -1.37. The number of halogens is 2. The Labute approximate surface area is 119 Å². The molecule has 21 heavy (non-hydrogen) atoms. The summed E-state index contributed by atoms with van der Waals surface area (Å²) in [5, 5.41) is 13.7. The predicted octanol–water partition coefficient (Wildman–Crippen LogP) is 1.50. The van der Waals surface area contributed by atoms with E-state index in [2.05, 4.69) is 20.6 Å². The highest BCUT2D eigenvalue weighted by molar-refractivity contribution is 5.94. The summed E-state index contributed by atoms with van der Waals surface area (Å²) >= 11 is 0. The fourth-order valence-corrected chi connectivity index (χ4v) is 2.55. The molecule has 1 atom stereocenters. The number of nitrogens with one attached hydrogen (secondary N) is 1. The SMILES string of the molecule is O=C(c1cc(F)ccc1F)N1CCCC(c2nn[nH]n2)C1. The quantitative estimate of drug-likeness (QED) is 0.910. The van der Waals surface area contributed by atoms with E-state index in [4.69, 9.17) is 0 Å². The number of aromatic amines is 1. The Balaban J connectivity index is 1.79. The smallest absolute Gasteiger partial charge is 0.256 e. The van der Waals surface area contributed by atoms with Gasteiger partial charge in [0.05, 0.1) is 5.56 Å². The average molecular weight is 293 g/mol. The van der Waals surface area contributed by atoms with Crippen molar-refractivity contribution in [3.63, 3.8) is 0 Å². The number of amides is 1. The van der Waals surface area contributed by atoms with Gasteiger partial charge in [0.2, 0.25) is 0 Å². The molecule has 0 bridgehead atoms. The van der Waals surface area contributed by atoms with E-state index in [0.717, 1.165) is 31.0 Å². The van der Waals surface area contributed by atoms with E-state index in [1.165, 1.54) is 4.90 Å². The van der Waals surface area contributed by atoms with Gasteiger partial charge in [-0.25, -0.2) is 8.78 Å². The lowest BCUT2D eigenvalue weighted by Crippen LogP contribution is -2.39. The van der Waals surface area contributed by atoms with Crippen LogP contribution in [-0.4, -0.2) is 44.5 Å². The van der Waals surface area contributed by atoms with E-state index >= 15 is 0 Å². The zero-order valence-electron chi connectivity index (χ0n) is 11.1. The number of aromatic nitrogens is 4. The molecule has 1 amide bonds. The summed E-state index contributed by atoms with van der Waals surface area (Å²) in [6.07, 6.45) is 1.58. The molecule has 110 valence electrons. The van der Waals surface area contributed by atoms with Gasteiger partial charge in [0.1, 0.15) is 11.6 Å². The maximum atomic E-state index is 13.7. The largest absolute Gasteiger partial charge is 0.338 e. The third-order valence-corrected chi connectivity index (χ3v) is 3.59. The second-order valence-corrected chi connectivity index (χ2v) is 4.98. The molecule has 1 aliphatic rings. The van der Waals surface area contributed by atoms with E-state index in [0.29, 0.717) is 18.9 Å². The predicted molar refractivity (Wildman–Crippen MR) is 68.4 cm³/mol. The number of benzene rings is 1. The summed E-state index contributed by atoms with van der Waals surface area (Å²) in [6, 6.07) is 2.88. The standard InChI is InChI=1S/C13H13F2N5O/c14-9-3-4-11(15)10(6-9)13(21)20-5-1-2-8(7-20)12-16-18-19-17-12/h3-4,6,8H,1-2,5,7H2,(H,16,17,18,19). The first-order chi connectivity index (χ1) is 10.1. The number of likely N-dealkylation sites (tertiary alicyclic amines) is 1. The van der Waals surface area contributed by atoms with Gasteiger partial charge < -0.3 is 4.90 Å². The zero-order chi connectivity index (χ0) is 14.8. The molecule has 2 heterocycles. The molecule has 1 fully saturated rings. The lowest BCUT2D eigenvalue weighted by molar-refractivity contribution is 0.0699. The molecule has 6 nitrogen and oxygen atoms in total. The fraction of sp³-hybridized carbons (Fsp3) is 0.385. The Morgan fingerprint density at radius 2 is 2.24 bits per heavy atom. The van der Waals surface area contributed by atoms with Crippen LogP contribution in [0.5, 0.6) is 0 Å². The van der Waals surface area contributed by atoms with E-state index in [1.54, 1.807) is 0 Å². The molecule has 3 rings (SSSR count). The highest BCUT2D eigenvalue weighted by atomic mass is 19.1. The number of rotatable bonds is 2. The van der Waals surface area contributed by atoms with Crippen LogP contribution in [0, 0.1) is 11.6 Å². The molecule has 8 heteroatoms. The van der Waals surface area contributed by atoms with Gasteiger partial charge in [-0.05, 0) is 31.0 Å². The van der Waals surface area contributed by atoms with Crippen LogP contribution in [0.4, 0.5) is 8.78 Å². The van der Waals surface area contributed by atoms with Gasteiger partial charge in [-0.2, -0.15) is 5.21 Å². The van der Waals surface area contributed by atoms with Crippen LogP contribution in [0.2, 0.25) is 0 Å². The summed E-state index contributed by atoms with van der Waals surface area (Å²) in [7, 11) is 0. The van der Waals surface area contributed by atoms with Crippen LogP contribution in [-0.2, 0) is 0 Å². The molecule has 0 spiro atoms. The maximum Gasteiger partial charge on any atom is 0.256 e. The van der Waals surface area contributed by atoms with Crippen molar-refractivity contribution in [2.45, 2.75) is 18.8 Å². The maximum absolute atomic E-state index is 13.7. The van der Waals surface area contributed by atoms with Crippen molar-refractivity contribution < 1.29 is 13.6 Å². The molecule has 0 saturated carbocycles. The van der Waals surface area contributed by atoms with Crippen molar-refractivity contribution in [3.8, 4) is 0 Å². The van der Waals surface area contributed by atoms with Crippen LogP contribution >= 0.6 is 0 Å². The lowest BCUT2D eigenvalue weighted by Gasteiger charge is -2.31. The molecule has 0 aliphatic carbocycles. The van der Waals surface area contributed by atoms with Crippen LogP contribution in [0.3, 0.4) is 0 Å². The molecule has 2 aromatic rings. The highest BCUT2D eigenvalue weighted by Crippen LogP contribution is 2.25. The first-order valence-corrected chi connectivity index (χ1v) is 6.63. The number of carbonyl (C=O) groups is 1. The average Bonchev–Trinajstić information content (AvgIpc) is 3.03. The molecule has 0 radical (unpaired) electrons. The van der Waals surface area contributed by atoms with Crippen molar-refractivity contribution in [1.82, 2.24) is 25.5 Å². The van der Waals surface area contributed by atoms with Gasteiger partial charge in [0.15, 0.2) is 5.82 Å². The third-order valence-electron chi connectivity index (χ3n) is 3.59. The molecule has 1 saturated heterocycles. The first-order valence-electron chi connectivity index (χ1n) is 6.63. The van der Waals surface area contributed by atoms with Crippen molar-refractivity contribution >= 4 is 5.91 Å². The van der Waals surface area contributed by atoms with E-state index < -0.39 is 17.5 Å². The molecule has 1 aromatic carbocycles. The number of piperidine rings is 1. The van der Waals surface area contributed by atoms with Crippen LogP contribution in [0.25, 0.3) is 0 Å². The summed E-state index contributed by atoms with van der Waals surface area (Å²) in [5.41, 5.74) is -0.247. The monoisotopic (exact) mass is 293 g/mol. The van der Waals surface area contributed by atoms with Gasteiger partial charge in [-0.3, -0.25) is 4.79 Å². The minimum Gasteiger partial charge on any atom is -0.338 e. The summed E-state index contributed by atoms with van der Waals surface area (Å²) < 4.78 is 26.9. The van der Waals surface area contributed by atoms with Crippen molar-refractivity contribution in [2.24, 2.45) is 0 Å². The Morgan fingerprint density at radius 1 is 1.38 bits per heavy atom. The Morgan fingerprint density at radius 3 is 3.00 bits per heavy atom. The zero-order valence-corrected chi connectivity index (χ0v) is 11.1. The van der Waals surface area contributed by atoms with E-state index in [-0.39, 0.29) is 11.5 Å². The topological polar surface area (TPSA) is 74.8 Å². The molecule has 1 aliphatic heterocycles. The number of nitrogens with zero attached hydrogens (tertiary/aromatic N) is 4. The Kier molecular flexibility index (Phi) is 3.59. The number of carbonyl (C=O) groups excluding carboxylic acids is 1. The molecular weight excluding hydrogens is 280 g/mol. The second kappa shape index (κ2) is 5.55. The number of tetrazole rings is 1. The van der Waals surface area contributed by atoms with Gasteiger partial charge >= 0.3 is 0 Å². The number of hydrogen-bond donors (Lipinski definition) is 1. The van der Waals surface area contributed by atoms with Gasteiger partial charge in [-0.15, -0.1) is 10.2 Å². The molecule has 1 aromatic heterocycles.